The molecule has 0 atom stereocenters. The van der Waals surface area contributed by atoms with Crippen LogP contribution < -0.4 is 0 Å². The summed E-state index contributed by atoms with van der Waals surface area (Å²) < 4.78 is 0.687. The van der Waals surface area contributed by atoms with E-state index < -0.39 is 0 Å². The summed E-state index contributed by atoms with van der Waals surface area (Å²) in [5.41, 5.74) is 1.21. The van der Waals surface area contributed by atoms with Crippen LogP contribution in [0.4, 0.5) is 5.69 Å². The van der Waals surface area contributed by atoms with Gasteiger partial charge in [-0.3, -0.25) is 10.1 Å². The second-order valence-corrected chi connectivity index (χ2v) is 4.28. The molecule has 0 amide bonds. The summed E-state index contributed by atoms with van der Waals surface area (Å²) in [4.78, 5) is 10.3. The second-order valence-electron chi connectivity index (χ2n) is 3.12. The zero-order valence-electron chi connectivity index (χ0n) is 7.45. The first kappa shape index (κ1) is 10.4. The van der Waals surface area contributed by atoms with E-state index in [1.54, 1.807) is 12.1 Å². The van der Waals surface area contributed by atoms with Gasteiger partial charge in [0.1, 0.15) is 0 Å². The molecule has 4 heteroatoms. The van der Waals surface area contributed by atoms with E-state index in [-0.39, 0.29) is 10.6 Å². The van der Waals surface area contributed by atoms with Crippen molar-refractivity contribution in [3.8, 4) is 0 Å². The molecule has 1 rings (SSSR count). The summed E-state index contributed by atoms with van der Waals surface area (Å²) in [7, 11) is 0. The van der Waals surface area contributed by atoms with Crippen LogP contribution in [0.3, 0.4) is 0 Å². The highest BCUT2D eigenvalue weighted by atomic mass is 127. The maximum atomic E-state index is 10.6. The topological polar surface area (TPSA) is 43.1 Å². The van der Waals surface area contributed by atoms with Crippen LogP contribution in [0.25, 0.3) is 0 Å². The van der Waals surface area contributed by atoms with E-state index in [2.05, 4.69) is 0 Å². The molecule has 0 unspecified atom stereocenters. The van der Waals surface area contributed by atoms with Crippen LogP contribution in [-0.4, -0.2) is 4.92 Å². The molecule has 0 aliphatic carbocycles. The van der Waals surface area contributed by atoms with E-state index in [1.165, 1.54) is 0 Å². The van der Waals surface area contributed by atoms with Crippen molar-refractivity contribution in [2.24, 2.45) is 0 Å². The molecule has 0 heterocycles. The molecule has 0 aliphatic heterocycles. The molecule has 0 radical (unpaired) electrons. The van der Waals surface area contributed by atoms with Crippen LogP contribution in [0, 0.1) is 13.7 Å². The minimum Gasteiger partial charge on any atom is -0.258 e. The number of halogens is 1. The van der Waals surface area contributed by atoms with E-state index in [4.69, 9.17) is 0 Å². The van der Waals surface area contributed by atoms with Gasteiger partial charge in [0.15, 0.2) is 0 Å². The van der Waals surface area contributed by atoms with Gasteiger partial charge >= 0.3 is 0 Å². The van der Waals surface area contributed by atoms with Crippen LogP contribution in [0.2, 0.25) is 0 Å². The molecule has 1 aromatic carbocycles. The van der Waals surface area contributed by atoms with E-state index in [9.17, 15) is 10.1 Å². The van der Waals surface area contributed by atoms with Crippen molar-refractivity contribution in [3.05, 3.63) is 37.4 Å². The summed E-state index contributed by atoms with van der Waals surface area (Å²) in [6.07, 6.45) is 0. The minimum atomic E-state index is -0.340. The van der Waals surface area contributed by atoms with Crippen molar-refractivity contribution in [3.63, 3.8) is 0 Å². The van der Waals surface area contributed by atoms with Crippen molar-refractivity contribution in [2.45, 2.75) is 19.8 Å². The summed E-state index contributed by atoms with van der Waals surface area (Å²) >= 11 is 1.97. The van der Waals surface area contributed by atoms with Gasteiger partial charge in [0, 0.05) is 6.07 Å². The number of hydrogen-bond acceptors (Lipinski definition) is 2. The first-order valence-electron chi connectivity index (χ1n) is 3.96. The highest BCUT2D eigenvalue weighted by molar-refractivity contribution is 14.1. The lowest BCUT2D eigenvalue weighted by molar-refractivity contribution is -0.385. The van der Waals surface area contributed by atoms with Crippen LogP contribution in [0.5, 0.6) is 0 Å². The Bertz CT molecular complexity index is 336. The molecule has 0 N–H and O–H groups in total. The van der Waals surface area contributed by atoms with Crippen molar-refractivity contribution in [2.75, 3.05) is 0 Å². The zero-order valence-corrected chi connectivity index (χ0v) is 9.61. The molecule has 70 valence electrons. The van der Waals surface area contributed by atoms with Crippen molar-refractivity contribution >= 4 is 28.3 Å². The fourth-order valence-electron chi connectivity index (χ4n) is 1.03. The monoisotopic (exact) mass is 291 g/mol. The fraction of sp³-hybridized carbons (Fsp3) is 0.333. The Kier molecular flexibility index (Phi) is 3.24. The molecule has 13 heavy (non-hydrogen) atoms. The van der Waals surface area contributed by atoms with Crippen LogP contribution in [0.1, 0.15) is 25.3 Å². The van der Waals surface area contributed by atoms with Gasteiger partial charge in [-0.25, -0.2) is 0 Å². The Morgan fingerprint density at radius 1 is 1.46 bits per heavy atom. The van der Waals surface area contributed by atoms with Gasteiger partial charge in [-0.05, 0) is 40.1 Å². The van der Waals surface area contributed by atoms with Crippen molar-refractivity contribution < 1.29 is 4.92 Å². The molecule has 0 bridgehead atoms. The Morgan fingerprint density at radius 3 is 2.54 bits per heavy atom. The van der Waals surface area contributed by atoms with Gasteiger partial charge in [-0.1, -0.05) is 19.9 Å². The average molecular weight is 291 g/mol. The number of benzene rings is 1. The van der Waals surface area contributed by atoms with Crippen LogP contribution >= 0.6 is 22.6 Å². The van der Waals surface area contributed by atoms with E-state index in [1.807, 2.05) is 42.5 Å². The van der Waals surface area contributed by atoms with Gasteiger partial charge in [-0.15, -0.1) is 0 Å². The number of nitro benzene ring substituents is 1. The summed E-state index contributed by atoms with van der Waals surface area (Å²) in [6.45, 7) is 4.04. The molecule has 0 saturated carbocycles. The molecule has 0 fully saturated rings. The summed E-state index contributed by atoms with van der Waals surface area (Å²) in [5.74, 6) is 0.329. The van der Waals surface area contributed by atoms with Gasteiger partial charge in [0.25, 0.3) is 5.69 Å². The summed E-state index contributed by atoms with van der Waals surface area (Å²) in [6, 6.07) is 5.36. The molecule has 0 aliphatic rings. The smallest absolute Gasteiger partial charge is 0.258 e. The van der Waals surface area contributed by atoms with E-state index >= 15 is 0 Å². The van der Waals surface area contributed by atoms with Crippen molar-refractivity contribution in [1.29, 1.82) is 0 Å². The fourth-order valence-corrected chi connectivity index (χ4v) is 1.56. The minimum absolute atomic E-state index is 0.201. The largest absolute Gasteiger partial charge is 0.282 e. The summed E-state index contributed by atoms with van der Waals surface area (Å²) in [5, 5.41) is 10.6. The molecule has 0 saturated heterocycles. The standard InChI is InChI=1S/C9H10INO2/c1-6(2)7-3-4-8(10)9(5-7)11(12)13/h3-6H,1-2H3. The molecular formula is C9H10INO2. The Balaban J connectivity index is 3.19. The third-order valence-corrected chi connectivity index (χ3v) is 2.75. The Labute approximate surface area is 90.4 Å². The lowest BCUT2D eigenvalue weighted by Gasteiger charge is -2.04. The quantitative estimate of drug-likeness (QED) is 0.476. The lowest BCUT2D eigenvalue weighted by Crippen LogP contribution is -1.94. The molecule has 0 aromatic heterocycles. The average Bonchev–Trinajstić information content (AvgIpc) is 2.04. The number of nitro groups is 1. The van der Waals surface area contributed by atoms with Crippen molar-refractivity contribution in [1.82, 2.24) is 0 Å². The molecule has 3 nitrogen and oxygen atoms in total. The number of rotatable bonds is 2. The van der Waals surface area contributed by atoms with E-state index in [0.717, 1.165) is 5.56 Å². The number of nitrogens with zero attached hydrogens (tertiary/aromatic N) is 1. The third kappa shape index (κ3) is 2.40. The SMILES string of the molecule is CC(C)c1ccc(I)c([N+](=O)[O-])c1. The molecule has 1 aromatic rings. The molecular weight excluding hydrogens is 281 g/mol. The predicted molar refractivity (Wildman–Crippen MR) is 59.9 cm³/mol. The first-order chi connectivity index (χ1) is 6.02. The Hall–Kier alpha value is -0.650. The van der Waals surface area contributed by atoms with Crippen LogP contribution in [0.15, 0.2) is 18.2 Å². The van der Waals surface area contributed by atoms with Crippen LogP contribution in [-0.2, 0) is 0 Å². The lowest BCUT2D eigenvalue weighted by atomic mass is 10.0. The first-order valence-corrected chi connectivity index (χ1v) is 5.04. The normalized spacial score (nSPS) is 10.5. The van der Waals surface area contributed by atoms with Gasteiger partial charge in [0.2, 0.25) is 0 Å². The van der Waals surface area contributed by atoms with E-state index in [0.29, 0.717) is 9.49 Å². The Morgan fingerprint density at radius 2 is 2.08 bits per heavy atom. The predicted octanol–water partition coefficient (Wildman–Crippen LogP) is 3.32. The number of hydrogen-bond donors (Lipinski definition) is 0. The maximum Gasteiger partial charge on any atom is 0.282 e. The third-order valence-electron chi connectivity index (χ3n) is 1.83. The van der Waals surface area contributed by atoms with Gasteiger partial charge in [0.05, 0.1) is 8.49 Å². The highest BCUT2D eigenvalue weighted by Crippen LogP contribution is 2.25. The van der Waals surface area contributed by atoms with Gasteiger partial charge < -0.3 is 0 Å². The maximum absolute atomic E-state index is 10.6. The second kappa shape index (κ2) is 4.04. The van der Waals surface area contributed by atoms with Gasteiger partial charge in [-0.2, -0.15) is 0 Å². The highest BCUT2D eigenvalue weighted by Gasteiger charge is 2.12. The zero-order chi connectivity index (χ0) is 10.0. The molecule has 0 spiro atoms.